The Morgan fingerprint density at radius 3 is 2.29 bits per heavy atom. The van der Waals surface area contributed by atoms with Crippen molar-refractivity contribution < 1.29 is 27.6 Å². The lowest BCUT2D eigenvalue weighted by Gasteiger charge is -2.36. The summed E-state index contributed by atoms with van der Waals surface area (Å²) in [5, 5.41) is 2.85. The largest absolute Gasteiger partial charge is 0.397 e. The highest BCUT2D eigenvalue weighted by atomic mass is 35.5. The van der Waals surface area contributed by atoms with Gasteiger partial charge in [0.05, 0.1) is 73.2 Å². The van der Waals surface area contributed by atoms with Crippen LogP contribution in [-0.4, -0.2) is 99.9 Å². The summed E-state index contributed by atoms with van der Waals surface area (Å²) < 4.78 is 32.8. The normalized spacial score (nSPS) is 17.3. The Hall–Kier alpha value is -4.88. The number of anilines is 2. The second-order valence-corrected chi connectivity index (χ2v) is 13.7. The minimum atomic E-state index is -1.11. The van der Waals surface area contributed by atoms with Gasteiger partial charge in [-0.3, -0.25) is 19.4 Å². The second kappa shape index (κ2) is 13.2. The zero-order chi connectivity index (χ0) is 35.2. The zero-order valence-corrected chi connectivity index (χ0v) is 28.5. The van der Waals surface area contributed by atoms with E-state index in [0.717, 1.165) is 24.0 Å². The Morgan fingerprint density at radius 1 is 0.959 bits per heavy atom. The predicted octanol–water partition coefficient (Wildman–Crippen LogP) is 4.60. The first-order chi connectivity index (χ1) is 23.2. The fourth-order valence-electron chi connectivity index (χ4n) is 6.68. The number of carbonyl (C=O) groups is 3. The number of nitrogen functional groups attached to an aromatic ring is 1. The lowest BCUT2D eigenvalue weighted by atomic mass is 10.0. The molecule has 0 aliphatic carbocycles. The molecule has 0 saturated carbocycles. The molecule has 2 aliphatic heterocycles. The van der Waals surface area contributed by atoms with Gasteiger partial charge < -0.3 is 29.9 Å². The van der Waals surface area contributed by atoms with Gasteiger partial charge in [0, 0.05) is 56.5 Å². The number of rotatable bonds is 6. The number of imidazole rings is 1. The zero-order valence-electron chi connectivity index (χ0n) is 27.8. The molecule has 0 bridgehead atoms. The van der Waals surface area contributed by atoms with Crippen LogP contribution in [-0.2, 0) is 11.8 Å². The Morgan fingerprint density at radius 2 is 1.63 bits per heavy atom. The molecule has 6 rings (SSSR count). The number of hydrogen-bond acceptors (Lipinski definition) is 6. The van der Waals surface area contributed by atoms with Crippen LogP contribution in [0.2, 0.25) is 5.02 Å². The summed E-state index contributed by atoms with van der Waals surface area (Å²) >= 11 is 6.51. The van der Waals surface area contributed by atoms with Gasteiger partial charge in [0.1, 0.15) is 0 Å². The van der Waals surface area contributed by atoms with E-state index in [1.54, 1.807) is 24.0 Å². The molecule has 2 saturated heterocycles. The molecule has 1 unspecified atom stereocenters. The van der Waals surface area contributed by atoms with Gasteiger partial charge in [0.25, 0.3) is 11.8 Å². The van der Waals surface area contributed by atoms with E-state index < -0.39 is 17.5 Å². The van der Waals surface area contributed by atoms with Crippen molar-refractivity contribution in [3.63, 3.8) is 0 Å². The van der Waals surface area contributed by atoms with Gasteiger partial charge in [-0.05, 0) is 48.9 Å². The average molecular weight is 692 g/mol. The van der Waals surface area contributed by atoms with E-state index in [-0.39, 0.29) is 56.7 Å². The molecule has 2 aromatic heterocycles. The Labute approximate surface area is 287 Å². The molecule has 2 fully saturated rings. The number of nitrogens with two attached hydrogens (primary N) is 1. The van der Waals surface area contributed by atoms with Crippen LogP contribution in [0, 0.1) is 24.5 Å². The van der Waals surface area contributed by atoms with Gasteiger partial charge in [-0.2, -0.15) is 0 Å². The number of benzene rings is 2. The van der Waals surface area contributed by atoms with E-state index in [9.17, 15) is 14.4 Å². The molecule has 0 radical (unpaired) electrons. The van der Waals surface area contributed by atoms with Gasteiger partial charge in [-0.25, -0.2) is 13.8 Å². The minimum absolute atomic E-state index is 0.0157. The van der Waals surface area contributed by atoms with E-state index in [0.29, 0.717) is 43.1 Å². The third-order valence-electron chi connectivity index (χ3n) is 9.39. The van der Waals surface area contributed by atoms with Crippen LogP contribution in [0.15, 0.2) is 48.8 Å². The van der Waals surface area contributed by atoms with Crippen molar-refractivity contribution in [1.29, 1.82) is 0 Å². The topological polar surface area (TPSA) is 126 Å². The smallest absolute Gasteiger partial charge is 0.291 e. The summed E-state index contributed by atoms with van der Waals surface area (Å²) in [5.74, 6) is -2.95. The first kappa shape index (κ1) is 34.0. The highest BCUT2D eigenvalue weighted by molar-refractivity contribution is 6.34. The molecular formula is C35H38ClF2N8O3+. The number of nitrogens with one attached hydrogen (secondary N) is 1. The van der Waals surface area contributed by atoms with Crippen molar-refractivity contribution in [3.8, 4) is 22.5 Å². The number of quaternary nitrogens is 1. The first-order valence-corrected chi connectivity index (χ1v) is 16.4. The maximum absolute atomic E-state index is 15.4. The third-order valence-corrected chi connectivity index (χ3v) is 9.70. The average Bonchev–Trinajstić information content (AvgIpc) is 3.63. The molecule has 256 valence electrons. The lowest BCUT2D eigenvalue weighted by molar-refractivity contribution is -0.878. The Bertz CT molecular complexity index is 1970. The highest BCUT2D eigenvalue weighted by Crippen LogP contribution is 2.33. The van der Waals surface area contributed by atoms with Crippen LogP contribution < -0.4 is 11.1 Å². The van der Waals surface area contributed by atoms with Gasteiger partial charge in [-0.15, -0.1) is 0 Å². The van der Waals surface area contributed by atoms with Crippen LogP contribution in [0.4, 0.5) is 20.2 Å². The maximum atomic E-state index is 15.4. The quantitative estimate of drug-likeness (QED) is 0.285. The molecule has 4 heterocycles. The lowest BCUT2D eigenvalue weighted by Crippen LogP contribution is -2.52. The number of aromatic nitrogens is 3. The van der Waals surface area contributed by atoms with Crippen molar-refractivity contribution >= 4 is 40.7 Å². The molecule has 4 aromatic rings. The summed E-state index contributed by atoms with van der Waals surface area (Å²) in [7, 11) is 5.78. The Kier molecular flexibility index (Phi) is 9.16. The van der Waals surface area contributed by atoms with Crippen molar-refractivity contribution in [2.75, 3.05) is 64.4 Å². The summed E-state index contributed by atoms with van der Waals surface area (Å²) in [6.07, 6.45) is 3.54. The van der Waals surface area contributed by atoms with Crippen molar-refractivity contribution in [2.24, 2.45) is 13.0 Å². The van der Waals surface area contributed by atoms with Crippen molar-refractivity contribution in [2.45, 2.75) is 13.3 Å². The van der Waals surface area contributed by atoms with Gasteiger partial charge >= 0.3 is 0 Å². The van der Waals surface area contributed by atoms with Gasteiger partial charge in [0.2, 0.25) is 5.91 Å². The summed E-state index contributed by atoms with van der Waals surface area (Å²) in [5.41, 5.74) is 7.70. The van der Waals surface area contributed by atoms with Crippen LogP contribution >= 0.6 is 11.6 Å². The minimum Gasteiger partial charge on any atom is -0.397 e. The van der Waals surface area contributed by atoms with Crippen LogP contribution in [0.1, 0.15) is 33.0 Å². The summed E-state index contributed by atoms with van der Waals surface area (Å²) in [6, 6.07) is 9.03. The monoisotopic (exact) mass is 691 g/mol. The molecule has 11 nitrogen and oxygen atoms in total. The van der Waals surface area contributed by atoms with E-state index in [1.165, 1.54) is 48.3 Å². The number of nitrogens with zero attached hydrogens (tertiary/aromatic N) is 6. The summed E-state index contributed by atoms with van der Waals surface area (Å²) in [4.78, 5) is 51.4. The van der Waals surface area contributed by atoms with E-state index in [4.69, 9.17) is 17.3 Å². The number of halogens is 3. The van der Waals surface area contributed by atoms with Crippen LogP contribution in [0.25, 0.3) is 22.5 Å². The highest BCUT2D eigenvalue weighted by Gasteiger charge is 2.38. The molecule has 49 heavy (non-hydrogen) atoms. The Balaban J connectivity index is 1.11. The molecule has 14 heteroatoms. The molecule has 0 spiro atoms. The van der Waals surface area contributed by atoms with Crippen molar-refractivity contribution in [1.82, 2.24) is 24.3 Å². The third kappa shape index (κ3) is 6.73. The molecule has 3 amide bonds. The summed E-state index contributed by atoms with van der Waals surface area (Å²) in [6.45, 7) is 5.24. The van der Waals surface area contributed by atoms with Crippen LogP contribution in [0.3, 0.4) is 0 Å². The maximum Gasteiger partial charge on any atom is 0.291 e. The number of piperazine rings is 1. The molecule has 2 aromatic carbocycles. The fraction of sp³-hybridized carbons (Fsp3) is 0.343. The first-order valence-electron chi connectivity index (χ1n) is 16.0. The van der Waals surface area contributed by atoms with E-state index >= 15 is 8.78 Å². The number of likely N-dealkylation sites (tertiary alicyclic amines) is 1. The molecule has 3 N–H and O–H groups in total. The number of hydrogen-bond donors (Lipinski definition) is 2. The number of carbonyl (C=O) groups excluding carboxylic acids is 3. The number of amides is 3. The SMILES string of the molecule is Cc1cc(N)cnc1-c1ccc(-c2cnc(C(=O)Nc3ccc(C(=O)N4CCN(C(=O)C5CC[N+](C)(C)C5)CC4)c(Cl)c3)n2C)c(F)c1F. The van der Waals surface area contributed by atoms with Crippen molar-refractivity contribution in [3.05, 3.63) is 82.4 Å². The number of aryl methyl sites for hydroxylation is 1. The molecular weight excluding hydrogens is 654 g/mol. The van der Waals surface area contributed by atoms with E-state index in [1.807, 2.05) is 4.90 Å². The predicted molar refractivity (Wildman–Crippen MR) is 183 cm³/mol. The van der Waals surface area contributed by atoms with Gasteiger partial charge in [0.15, 0.2) is 17.5 Å². The van der Waals surface area contributed by atoms with E-state index in [2.05, 4.69) is 29.4 Å². The fourth-order valence-corrected chi connectivity index (χ4v) is 6.94. The van der Waals surface area contributed by atoms with Crippen LogP contribution in [0.5, 0.6) is 0 Å². The second-order valence-electron chi connectivity index (χ2n) is 13.3. The number of pyridine rings is 1. The molecule has 2 aliphatic rings. The standard InChI is InChI=1S/C35H37ClF2N8O3/c1-20-15-22(39)17-40-31(20)26-8-7-25(29(37)30(26)38)28-18-41-32(43(28)2)33(47)42-23-5-6-24(27(36)16-23)35(49)45-12-10-44(11-13-45)34(48)21-9-14-46(3,4)19-21/h5-8,15-18,21H,9-14,19H2,1-4H3,(H2-,39,42,47,49)/p+1. The van der Waals surface area contributed by atoms with Gasteiger partial charge in [-0.1, -0.05) is 11.6 Å². The molecule has 1 atom stereocenters.